The molecule has 0 heterocycles. The Hall–Kier alpha value is -2.88. The molecule has 2 amide bonds. The monoisotopic (exact) mass is 336 g/mol. The maximum absolute atomic E-state index is 12.1. The lowest BCUT2D eigenvalue weighted by molar-refractivity contribution is -0.123. The van der Waals surface area contributed by atoms with E-state index in [0.29, 0.717) is 5.69 Å². The van der Waals surface area contributed by atoms with Gasteiger partial charge in [-0.1, -0.05) is 51.1 Å². The molecular formula is C21H24N2O2. The minimum Gasteiger partial charge on any atom is -0.325 e. The number of rotatable bonds is 4. The van der Waals surface area contributed by atoms with E-state index in [2.05, 4.69) is 10.6 Å². The molecule has 4 nitrogen and oxygen atoms in total. The van der Waals surface area contributed by atoms with Gasteiger partial charge in [-0.2, -0.15) is 0 Å². The number of hydrogen-bond acceptors (Lipinski definition) is 2. The van der Waals surface area contributed by atoms with Gasteiger partial charge in [0, 0.05) is 22.9 Å². The number of anilines is 2. The van der Waals surface area contributed by atoms with Gasteiger partial charge >= 0.3 is 0 Å². The molecule has 25 heavy (non-hydrogen) atoms. The van der Waals surface area contributed by atoms with E-state index in [4.69, 9.17) is 0 Å². The Morgan fingerprint density at radius 3 is 2.24 bits per heavy atom. The van der Waals surface area contributed by atoms with Crippen molar-refractivity contribution < 1.29 is 9.59 Å². The Bertz CT molecular complexity index is 787. The van der Waals surface area contributed by atoms with Crippen molar-refractivity contribution >= 4 is 29.3 Å². The number of benzene rings is 2. The molecule has 0 spiro atoms. The molecule has 4 heteroatoms. The third kappa shape index (κ3) is 5.60. The van der Waals surface area contributed by atoms with Gasteiger partial charge in [-0.3, -0.25) is 9.59 Å². The maximum Gasteiger partial charge on any atom is 0.248 e. The van der Waals surface area contributed by atoms with Crippen molar-refractivity contribution in [3.63, 3.8) is 0 Å². The number of carbonyl (C=O) groups excluding carboxylic acids is 2. The fourth-order valence-electron chi connectivity index (χ4n) is 2.11. The molecule has 2 N–H and O–H groups in total. The zero-order valence-corrected chi connectivity index (χ0v) is 15.1. The van der Waals surface area contributed by atoms with Gasteiger partial charge in [0.15, 0.2) is 0 Å². The zero-order valence-electron chi connectivity index (χ0n) is 15.1. The molecular weight excluding hydrogens is 312 g/mol. The number of nitrogens with one attached hydrogen (secondary N) is 2. The van der Waals surface area contributed by atoms with E-state index in [1.807, 2.05) is 64.1 Å². The Morgan fingerprint density at radius 2 is 1.64 bits per heavy atom. The summed E-state index contributed by atoms with van der Waals surface area (Å²) in [5, 5.41) is 5.74. The van der Waals surface area contributed by atoms with Crippen LogP contribution in [0.2, 0.25) is 0 Å². The van der Waals surface area contributed by atoms with Gasteiger partial charge in [-0.05, 0) is 42.3 Å². The molecule has 0 saturated carbocycles. The molecule has 0 atom stereocenters. The lowest BCUT2D eigenvalue weighted by atomic mass is 9.95. The fourth-order valence-corrected chi connectivity index (χ4v) is 2.11. The molecule has 0 radical (unpaired) electrons. The average molecular weight is 336 g/mol. The summed E-state index contributed by atoms with van der Waals surface area (Å²) in [5.74, 6) is -0.243. The second-order valence-corrected chi connectivity index (χ2v) is 6.97. The highest BCUT2D eigenvalue weighted by atomic mass is 16.2. The van der Waals surface area contributed by atoms with Gasteiger partial charge in [0.25, 0.3) is 0 Å². The third-order valence-electron chi connectivity index (χ3n) is 3.65. The molecule has 0 aromatic heterocycles. The first-order chi connectivity index (χ1) is 11.8. The largest absolute Gasteiger partial charge is 0.325 e. The quantitative estimate of drug-likeness (QED) is 0.800. The summed E-state index contributed by atoms with van der Waals surface area (Å²) >= 11 is 0. The fraction of sp³-hybridized carbons (Fsp3) is 0.238. The number of carbonyl (C=O) groups is 2. The summed E-state index contributed by atoms with van der Waals surface area (Å²) in [7, 11) is 0. The number of hydrogen-bond donors (Lipinski definition) is 2. The van der Waals surface area contributed by atoms with Crippen LogP contribution in [-0.4, -0.2) is 11.8 Å². The van der Waals surface area contributed by atoms with E-state index in [1.54, 1.807) is 18.2 Å². The van der Waals surface area contributed by atoms with Crippen molar-refractivity contribution in [1.29, 1.82) is 0 Å². The van der Waals surface area contributed by atoms with Crippen LogP contribution >= 0.6 is 0 Å². The number of amides is 2. The van der Waals surface area contributed by atoms with Crippen LogP contribution in [0.1, 0.15) is 31.9 Å². The van der Waals surface area contributed by atoms with Gasteiger partial charge < -0.3 is 10.6 Å². The minimum atomic E-state index is -0.457. The van der Waals surface area contributed by atoms with E-state index in [-0.39, 0.29) is 11.8 Å². The second-order valence-electron chi connectivity index (χ2n) is 6.97. The SMILES string of the molecule is Cc1cc(NC(=O)/C=C/c2ccccc2)ccc1NC(=O)C(C)(C)C. The van der Waals surface area contributed by atoms with Gasteiger partial charge in [-0.25, -0.2) is 0 Å². The summed E-state index contributed by atoms with van der Waals surface area (Å²) in [5.41, 5.74) is 2.84. The second kappa shape index (κ2) is 7.79. The number of aryl methyl sites for hydroxylation is 1. The van der Waals surface area contributed by atoms with Gasteiger partial charge in [0.2, 0.25) is 11.8 Å². The Kier molecular flexibility index (Phi) is 5.75. The zero-order chi connectivity index (χ0) is 18.4. The highest BCUT2D eigenvalue weighted by molar-refractivity contribution is 6.02. The predicted octanol–water partition coefficient (Wildman–Crippen LogP) is 4.63. The first-order valence-corrected chi connectivity index (χ1v) is 8.22. The maximum atomic E-state index is 12.1. The van der Waals surface area contributed by atoms with Crippen LogP contribution in [0.3, 0.4) is 0 Å². The van der Waals surface area contributed by atoms with Crippen molar-refractivity contribution in [1.82, 2.24) is 0 Å². The topological polar surface area (TPSA) is 58.2 Å². The molecule has 0 bridgehead atoms. The van der Waals surface area contributed by atoms with Gasteiger partial charge in [0.1, 0.15) is 0 Å². The normalized spacial score (nSPS) is 11.4. The van der Waals surface area contributed by atoms with Crippen LogP contribution in [-0.2, 0) is 9.59 Å². The lowest BCUT2D eigenvalue weighted by Gasteiger charge is -2.19. The molecule has 0 unspecified atom stereocenters. The molecule has 0 aliphatic rings. The summed E-state index contributed by atoms with van der Waals surface area (Å²) in [6.45, 7) is 7.50. The molecule has 0 aliphatic carbocycles. The Labute approximate surface area is 149 Å². The van der Waals surface area contributed by atoms with Gasteiger partial charge in [-0.15, -0.1) is 0 Å². The summed E-state index contributed by atoms with van der Waals surface area (Å²) in [6, 6.07) is 15.1. The summed E-state index contributed by atoms with van der Waals surface area (Å²) in [6.07, 6.45) is 3.26. The molecule has 130 valence electrons. The van der Waals surface area contributed by atoms with Gasteiger partial charge in [0.05, 0.1) is 0 Å². The summed E-state index contributed by atoms with van der Waals surface area (Å²) < 4.78 is 0. The standard InChI is InChI=1S/C21H24N2O2/c1-15-14-17(11-12-18(15)23-20(25)21(2,3)4)22-19(24)13-10-16-8-6-5-7-9-16/h5-14H,1-4H3,(H,22,24)(H,23,25)/b13-10+. The lowest BCUT2D eigenvalue weighted by Crippen LogP contribution is -2.27. The Morgan fingerprint density at radius 1 is 0.960 bits per heavy atom. The Balaban J connectivity index is 2.01. The first-order valence-electron chi connectivity index (χ1n) is 8.22. The van der Waals surface area contributed by atoms with Crippen LogP contribution in [0.25, 0.3) is 6.08 Å². The van der Waals surface area contributed by atoms with E-state index >= 15 is 0 Å². The third-order valence-corrected chi connectivity index (χ3v) is 3.65. The smallest absolute Gasteiger partial charge is 0.248 e. The van der Waals surface area contributed by atoms with Crippen LogP contribution < -0.4 is 10.6 Å². The average Bonchev–Trinajstić information content (AvgIpc) is 2.55. The highest BCUT2D eigenvalue weighted by Gasteiger charge is 2.21. The summed E-state index contributed by atoms with van der Waals surface area (Å²) in [4.78, 5) is 24.1. The van der Waals surface area contributed by atoms with E-state index in [9.17, 15) is 9.59 Å². The molecule has 2 rings (SSSR count). The molecule has 0 fully saturated rings. The van der Waals surface area contributed by atoms with Crippen LogP contribution in [0.5, 0.6) is 0 Å². The van der Waals surface area contributed by atoms with Crippen molar-refractivity contribution in [2.75, 3.05) is 10.6 Å². The van der Waals surface area contributed by atoms with Crippen molar-refractivity contribution in [2.24, 2.45) is 5.41 Å². The van der Waals surface area contributed by atoms with Crippen LogP contribution in [0.4, 0.5) is 11.4 Å². The molecule has 0 aliphatic heterocycles. The van der Waals surface area contributed by atoms with E-state index < -0.39 is 5.41 Å². The molecule has 0 saturated heterocycles. The van der Waals surface area contributed by atoms with Crippen LogP contribution in [0, 0.1) is 12.3 Å². The highest BCUT2D eigenvalue weighted by Crippen LogP contribution is 2.23. The predicted molar refractivity (Wildman–Crippen MR) is 103 cm³/mol. The van der Waals surface area contributed by atoms with Crippen molar-refractivity contribution in [3.05, 3.63) is 65.7 Å². The molecule has 2 aromatic carbocycles. The van der Waals surface area contributed by atoms with E-state index in [0.717, 1.165) is 16.8 Å². The minimum absolute atomic E-state index is 0.0434. The van der Waals surface area contributed by atoms with E-state index in [1.165, 1.54) is 6.08 Å². The van der Waals surface area contributed by atoms with Crippen molar-refractivity contribution in [2.45, 2.75) is 27.7 Å². The first kappa shape index (κ1) is 18.5. The van der Waals surface area contributed by atoms with Crippen molar-refractivity contribution in [3.8, 4) is 0 Å². The molecule has 2 aromatic rings. The van der Waals surface area contributed by atoms with Crippen LogP contribution in [0.15, 0.2) is 54.6 Å².